The summed E-state index contributed by atoms with van der Waals surface area (Å²) in [6, 6.07) is 2.43. The Morgan fingerprint density at radius 1 is 1.50 bits per heavy atom. The van der Waals surface area contributed by atoms with Crippen molar-refractivity contribution in [2.75, 3.05) is 19.6 Å². The number of hydrogen-bond acceptors (Lipinski definition) is 3. The van der Waals surface area contributed by atoms with Crippen molar-refractivity contribution in [3.05, 3.63) is 21.3 Å². The fourth-order valence-electron chi connectivity index (χ4n) is 2.00. The smallest absolute Gasteiger partial charge is 0.0564 e. The third kappa shape index (κ3) is 2.11. The lowest BCUT2D eigenvalue weighted by molar-refractivity contribution is 0.255. The lowest BCUT2D eigenvalue weighted by atomic mass is 10.2. The lowest BCUT2D eigenvalue weighted by Crippen LogP contribution is -2.30. The van der Waals surface area contributed by atoms with E-state index in [2.05, 4.69) is 4.90 Å². The number of nitrogens with zero attached hydrogens (tertiary/aromatic N) is 1. The molecule has 0 bridgehead atoms. The first-order valence-corrected chi connectivity index (χ1v) is 6.25. The van der Waals surface area contributed by atoms with Gasteiger partial charge in [0.1, 0.15) is 0 Å². The molecule has 2 rings (SSSR count). The third-order valence-corrected chi connectivity index (χ3v) is 4.10. The Morgan fingerprint density at radius 2 is 2.21 bits per heavy atom. The van der Waals surface area contributed by atoms with Gasteiger partial charge in [-0.05, 0) is 32.0 Å². The largest absolute Gasteiger partial charge is 0.329 e. The molecule has 1 aromatic heterocycles. The average Bonchev–Trinajstić information content (AvgIpc) is 2.79. The molecule has 1 aliphatic rings. The molecule has 0 aromatic carbocycles. The second-order valence-corrected chi connectivity index (χ2v) is 5.04. The van der Waals surface area contributed by atoms with Crippen LogP contribution in [-0.4, -0.2) is 24.5 Å². The summed E-state index contributed by atoms with van der Waals surface area (Å²) >= 11 is 7.63. The van der Waals surface area contributed by atoms with Crippen molar-refractivity contribution in [2.45, 2.75) is 18.9 Å². The second-order valence-electron chi connectivity index (χ2n) is 3.66. The van der Waals surface area contributed by atoms with Gasteiger partial charge in [-0.15, -0.1) is 11.3 Å². The highest BCUT2D eigenvalue weighted by Gasteiger charge is 2.23. The first-order chi connectivity index (χ1) is 6.81. The van der Waals surface area contributed by atoms with Crippen LogP contribution in [0, 0.1) is 0 Å². The van der Waals surface area contributed by atoms with Gasteiger partial charge >= 0.3 is 0 Å². The summed E-state index contributed by atoms with van der Waals surface area (Å²) < 4.78 is 0. The molecule has 1 unspecified atom stereocenters. The summed E-state index contributed by atoms with van der Waals surface area (Å²) in [5.74, 6) is 0. The van der Waals surface area contributed by atoms with Crippen LogP contribution in [0.3, 0.4) is 0 Å². The number of nitrogens with two attached hydrogens (primary N) is 1. The minimum absolute atomic E-state index is 0.384. The van der Waals surface area contributed by atoms with Crippen LogP contribution in [0.4, 0.5) is 0 Å². The van der Waals surface area contributed by atoms with Gasteiger partial charge in [0.05, 0.1) is 11.1 Å². The SMILES string of the molecule is NCC(c1cc(Cl)cs1)N1CCCC1. The molecule has 2 N–H and O–H groups in total. The molecule has 2 nitrogen and oxygen atoms in total. The molecule has 1 atom stereocenters. The van der Waals surface area contributed by atoms with Gasteiger partial charge in [0, 0.05) is 16.8 Å². The normalized spacial score (nSPS) is 20.1. The van der Waals surface area contributed by atoms with E-state index < -0.39 is 0 Å². The molecule has 0 saturated carbocycles. The molecular weight excluding hydrogens is 216 g/mol. The van der Waals surface area contributed by atoms with Crippen molar-refractivity contribution in [2.24, 2.45) is 5.73 Å². The van der Waals surface area contributed by atoms with E-state index in [0.717, 1.165) is 5.02 Å². The van der Waals surface area contributed by atoms with Crippen LogP contribution in [0.1, 0.15) is 23.8 Å². The number of hydrogen-bond donors (Lipinski definition) is 1. The molecule has 0 radical (unpaired) electrons. The zero-order valence-electron chi connectivity index (χ0n) is 8.08. The standard InChI is InChI=1S/C10H15ClN2S/c11-8-5-10(14-7-8)9(6-12)13-3-1-2-4-13/h5,7,9H,1-4,6,12H2. The van der Waals surface area contributed by atoms with E-state index in [9.17, 15) is 0 Å². The van der Waals surface area contributed by atoms with Crippen molar-refractivity contribution >= 4 is 22.9 Å². The Balaban J connectivity index is 2.12. The van der Waals surface area contributed by atoms with Gasteiger partial charge in [-0.3, -0.25) is 4.90 Å². The minimum atomic E-state index is 0.384. The third-order valence-electron chi connectivity index (χ3n) is 2.72. The Labute approximate surface area is 93.7 Å². The Hall–Kier alpha value is -0.0900. The predicted octanol–water partition coefficient (Wildman–Crippen LogP) is 2.50. The van der Waals surface area contributed by atoms with Crippen LogP contribution in [-0.2, 0) is 0 Å². The number of halogens is 1. The van der Waals surface area contributed by atoms with Gasteiger partial charge in [-0.25, -0.2) is 0 Å². The molecule has 4 heteroatoms. The van der Waals surface area contributed by atoms with E-state index in [1.807, 2.05) is 11.4 Å². The number of likely N-dealkylation sites (tertiary alicyclic amines) is 1. The van der Waals surface area contributed by atoms with Gasteiger partial charge in [0.15, 0.2) is 0 Å². The highest BCUT2D eigenvalue weighted by atomic mass is 35.5. The second kappa shape index (κ2) is 4.62. The van der Waals surface area contributed by atoms with Crippen LogP contribution in [0.2, 0.25) is 5.02 Å². The highest BCUT2D eigenvalue weighted by molar-refractivity contribution is 7.10. The summed E-state index contributed by atoms with van der Waals surface area (Å²) in [7, 11) is 0. The zero-order chi connectivity index (χ0) is 9.97. The topological polar surface area (TPSA) is 29.3 Å². The van der Waals surface area contributed by atoms with E-state index >= 15 is 0 Å². The maximum absolute atomic E-state index is 5.92. The number of rotatable bonds is 3. The molecule has 1 fully saturated rings. The molecule has 0 aliphatic carbocycles. The summed E-state index contributed by atoms with van der Waals surface area (Å²) in [5, 5.41) is 2.82. The van der Waals surface area contributed by atoms with Gasteiger partial charge in [-0.2, -0.15) is 0 Å². The quantitative estimate of drug-likeness (QED) is 0.865. The first-order valence-electron chi connectivity index (χ1n) is 4.99. The van der Waals surface area contributed by atoms with Gasteiger partial charge in [0.2, 0.25) is 0 Å². The summed E-state index contributed by atoms with van der Waals surface area (Å²) in [5.41, 5.74) is 5.82. The van der Waals surface area contributed by atoms with E-state index in [1.54, 1.807) is 11.3 Å². The molecule has 2 heterocycles. The Morgan fingerprint density at radius 3 is 2.71 bits per heavy atom. The molecule has 0 amide bonds. The van der Waals surface area contributed by atoms with Crippen molar-refractivity contribution in [3.63, 3.8) is 0 Å². The molecule has 1 saturated heterocycles. The Kier molecular flexibility index (Phi) is 3.44. The van der Waals surface area contributed by atoms with Crippen molar-refractivity contribution in [1.29, 1.82) is 0 Å². The van der Waals surface area contributed by atoms with Crippen LogP contribution in [0.15, 0.2) is 11.4 Å². The summed E-state index contributed by atoms with van der Waals surface area (Å²) in [6.07, 6.45) is 2.60. The van der Waals surface area contributed by atoms with E-state index in [1.165, 1.54) is 30.8 Å². The predicted molar refractivity (Wildman–Crippen MR) is 61.9 cm³/mol. The average molecular weight is 231 g/mol. The van der Waals surface area contributed by atoms with Gasteiger partial charge in [0.25, 0.3) is 0 Å². The van der Waals surface area contributed by atoms with Crippen LogP contribution >= 0.6 is 22.9 Å². The lowest BCUT2D eigenvalue weighted by Gasteiger charge is -2.24. The van der Waals surface area contributed by atoms with E-state index in [4.69, 9.17) is 17.3 Å². The van der Waals surface area contributed by atoms with Gasteiger partial charge < -0.3 is 5.73 Å². The van der Waals surface area contributed by atoms with Crippen LogP contribution in [0.5, 0.6) is 0 Å². The van der Waals surface area contributed by atoms with Crippen LogP contribution in [0.25, 0.3) is 0 Å². The monoisotopic (exact) mass is 230 g/mol. The van der Waals surface area contributed by atoms with E-state index in [0.29, 0.717) is 12.6 Å². The van der Waals surface area contributed by atoms with Crippen molar-refractivity contribution < 1.29 is 0 Å². The van der Waals surface area contributed by atoms with E-state index in [-0.39, 0.29) is 0 Å². The maximum Gasteiger partial charge on any atom is 0.0564 e. The molecule has 0 spiro atoms. The Bertz CT molecular complexity index is 294. The van der Waals surface area contributed by atoms with Gasteiger partial charge in [-0.1, -0.05) is 11.6 Å². The summed E-state index contributed by atoms with van der Waals surface area (Å²) in [4.78, 5) is 3.77. The molecular formula is C10H15ClN2S. The fourth-order valence-corrected chi connectivity index (χ4v) is 3.23. The van der Waals surface area contributed by atoms with Crippen molar-refractivity contribution in [3.8, 4) is 0 Å². The fraction of sp³-hybridized carbons (Fsp3) is 0.600. The molecule has 1 aromatic rings. The molecule has 78 valence electrons. The highest BCUT2D eigenvalue weighted by Crippen LogP contribution is 2.30. The molecule has 14 heavy (non-hydrogen) atoms. The molecule has 1 aliphatic heterocycles. The van der Waals surface area contributed by atoms with Crippen molar-refractivity contribution in [1.82, 2.24) is 4.90 Å². The number of thiophene rings is 1. The maximum atomic E-state index is 5.92. The summed E-state index contributed by atoms with van der Waals surface area (Å²) in [6.45, 7) is 3.05. The zero-order valence-corrected chi connectivity index (χ0v) is 9.65. The minimum Gasteiger partial charge on any atom is -0.329 e. The van der Waals surface area contributed by atoms with Crippen LogP contribution < -0.4 is 5.73 Å². The first kappa shape index (κ1) is 10.4.